The minimum Gasteiger partial charge on any atom is -0.307 e. The van der Waals surface area contributed by atoms with E-state index in [-0.39, 0.29) is 11.8 Å². The molecule has 0 N–H and O–H groups in total. The van der Waals surface area contributed by atoms with Crippen molar-refractivity contribution in [3.63, 3.8) is 0 Å². The third kappa shape index (κ3) is 5.44. The smallest absolute Gasteiger partial charge is 0.268 e. The Hall–Kier alpha value is -7.30. The van der Waals surface area contributed by atoms with Gasteiger partial charge < -0.3 is 4.57 Å². The minimum atomic E-state index is -0.346. The van der Waals surface area contributed by atoms with Gasteiger partial charge in [0.25, 0.3) is 11.8 Å². The van der Waals surface area contributed by atoms with Crippen LogP contribution in [-0.2, 0) is 0 Å². The van der Waals surface area contributed by atoms with E-state index in [1.165, 1.54) is 27.2 Å². The Morgan fingerprint density at radius 1 is 0.362 bits per heavy atom. The first kappa shape index (κ1) is 35.1. The fourth-order valence-corrected chi connectivity index (χ4v) is 9.19. The Morgan fingerprint density at radius 2 is 0.845 bits per heavy atom. The van der Waals surface area contributed by atoms with Gasteiger partial charge in [-0.3, -0.25) is 9.59 Å². The molecule has 0 saturated heterocycles. The maximum absolute atomic E-state index is 15.4. The number of rotatable bonds is 6. The van der Waals surface area contributed by atoms with Crippen LogP contribution in [0.15, 0.2) is 170 Å². The lowest BCUT2D eigenvalue weighted by molar-refractivity contribution is 0.0926. The highest BCUT2D eigenvalue weighted by molar-refractivity contribution is 6.37. The first-order valence-corrected chi connectivity index (χ1v) is 19.8. The number of hydrogen-bond donors (Lipinski definition) is 0. The topological polar surface area (TPSA) is 42.3 Å². The summed E-state index contributed by atoms with van der Waals surface area (Å²) in [4.78, 5) is 31.7. The van der Waals surface area contributed by atoms with Crippen LogP contribution in [0.2, 0.25) is 0 Å². The van der Waals surface area contributed by atoms with Gasteiger partial charge in [0.1, 0.15) is 0 Å². The summed E-state index contributed by atoms with van der Waals surface area (Å²) in [6.45, 7) is 8.54. The van der Waals surface area contributed by atoms with Gasteiger partial charge in [-0.2, -0.15) is 0 Å². The van der Waals surface area contributed by atoms with Crippen LogP contribution >= 0.6 is 0 Å². The van der Waals surface area contributed by atoms with Crippen molar-refractivity contribution < 1.29 is 9.59 Å². The lowest BCUT2D eigenvalue weighted by atomic mass is 9.92. The summed E-state index contributed by atoms with van der Waals surface area (Å²) in [7, 11) is 0. The van der Waals surface area contributed by atoms with Crippen LogP contribution in [0.4, 0.5) is 5.69 Å². The average Bonchev–Trinajstić information content (AvgIpc) is 3.72. The van der Waals surface area contributed by atoms with E-state index in [2.05, 4.69) is 123 Å². The molecule has 0 bridgehead atoms. The molecule has 0 spiro atoms. The molecular formula is C54H40N2O2. The van der Waals surface area contributed by atoms with Gasteiger partial charge in [0.05, 0.1) is 33.5 Å². The van der Waals surface area contributed by atoms with Gasteiger partial charge in [-0.05, 0) is 84.8 Å². The lowest BCUT2D eigenvalue weighted by Crippen LogP contribution is -2.30. The van der Waals surface area contributed by atoms with Crippen LogP contribution in [-0.4, -0.2) is 16.4 Å². The molecule has 0 radical (unpaired) electrons. The standard InChI is InChI=1S/C54H40N2O2/c1-33-27-29-39(35(3)31-33)42-20-11-22-44-45-23-12-21-43(40-30-28-34(2)32-36(40)4)52(45)55(51(42)44)48-26-14-24-46-50(48)54(58)56(53(46)57)47-25-13-19-41(37-15-7-5-8-16-37)49(47)38-17-9-6-10-18-38/h5-32H,1-4H3. The van der Waals surface area contributed by atoms with Crippen molar-refractivity contribution in [2.45, 2.75) is 27.7 Å². The second-order valence-electron chi connectivity index (χ2n) is 15.5. The molecule has 10 rings (SSSR count). The molecule has 4 nitrogen and oxygen atoms in total. The van der Waals surface area contributed by atoms with Gasteiger partial charge in [-0.25, -0.2) is 4.90 Å². The van der Waals surface area contributed by atoms with Crippen molar-refractivity contribution in [3.05, 3.63) is 203 Å². The molecule has 8 aromatic carbocycles. The Balaban J connectivity index is 1.28. The van der Waals surface area contributed by atoms with E-state index >= 15 is 4.79 Å². The predicted octanol–water partition coefficient (Wildman–Crippen LogP) is 13.5. The van der Waals surface area contributed by atoms with Gasteiger partial charge in [-0.1, -0.05) is 163 Å². The number of nitrogens with zero attached hydrogens (tertiary/aromatic N) is 2. The van der Waals surface area contributed by atoms with Crippen molar-refractivity contribution >= 4 is 39.3 Å². The fraction of sp³-hybridized carbons (Fsp3) is 0.0741. The molecule has 1 aromatic heterocycles. The highest BCUT2D eigenvalue weighted by Gasteiger charge is 2.41. The average molecular weight is 749 g/mol. The zero-order valence-corrected chi connectivity index (χ0v) is 32.9. The highest BCUT2D eigenvalue weighted by atomic mass is 16.2. The number of amides is 2. The largest absolute Gasteiger partial charge is 0.307 e. The number of hydrogen-bond acceptors (Lipinski definition) is 2. The van der Waals surface area contributed by atoms with Gasteiger partial charge in [0.2, 0.25) is 0 Å². The third-order valence-electron chi connectivity index (χ3n) is 11.7. The summed E-state index contributed by atoms with van der Waals surface area (Å²) >= 11 is 0. The normalized spacial score (nSPS) is 12.5. The van der Waals surface area contributed by atoms with Crippen LogP contribution in [0.25, 0.3) is 72.0 Å². The Labute approximate surface area is 338 Å². The molecule has 0 unspecified atom stereocenters. The molecule has 2 heterocycles. The SMILES string of the molecule is Cc1ccc(-c2cccc3c4cccc(-c5ccc(C)cc5C)c4n(-c4cccc5c4C(=O)N(c4cccc(-c6ccccc6)c4-c4ccccc4)C5=O)c23)c(C)c1. The second kappa shape index (κ2) is 13.7. The van der Waals surface area contributed by atoms with Crippen LogP contribution in [0.1, 0.15) is 43.0 Å². The van der Waals surface area contributed by atoms with Gasteiger partial charge in [0, 0.05) is 27.5 Å². The van der Waals surface area contributed by atoms with Gasteiger partial charge in [0.15, 0.2) is 0 Å². The predicted molar refractivity (Wildman–Crippen MR) is 239 cm³/mol. The molecular weight excluding hydrogens is 709 g/mol. The number of carbonyl (C=O) groups is 2. The van der Waals surface area contributed by atoms with E-state index in [0.29, 0.717) is 22.5 Å². The molecule has 2 amide bonds. The number of imide groups is 1. The number of carbonyl (C=O) groups excluding carboxylic acids is 2. The van der Waals surface area contributed by atoms with Crippen LogP contribution in [0, 0.1) is 27.7 Å². The summed E-state index contributed by atoms with van der Waals surface area (Å²) in [6, 6.07) is 57.9. The molecule has 1 aliphatic heterocycles. The second-order valence-corrected chi connectivity index (χ2v) is 15.5. The van der Waals surface area contributed by atoms with Crippen LogP contribution in [0.3, 0.4) is 0 Å². The van der Waals surface area contributed by atoms with Crippen LogP contribution in [0.5, 0.6) is 0 Å². The van der Waals surface area contributed by atoms with E-state index < -0.39 is 0 Å². The number of anilines is 1. The van der Waals surface area contributed by atoms with Crippen molar-refractivity contribution in [1.29, 1.82) is 0 Å². The number of benzene rings is 8. The molecule has 0 saturated carbocycles. The fourth-order valence-electron chi connectivity index (χ4n) is 9.19. The molecule has 0 fully saturated rings. The summed E-state index contributed by atoms with van der Waals surface area (Å²) in [5.74, 6) is -0.685. The molecule has 58 heavy (non-hydrogen) atoms. The summed E-state index contributed by atoms with van der Waals surface area (Å²) in [6.07, 6.45) is 0. The Bertz CT molecular complexity index is 3030. The van der Waals surface area contributed by atoms with Crippen LogP contribution < -0.4 is 4.90 Å². The highest BCUT2D eigenvalue weighted by Crippen LogP contribution is 2.47. The van der Waals surface area contributed by atoms with Crippen molar-refractivity contribution in [1.82, 2.24) is 4.57 Å². The molecule has 278 valence electrons. The Morgan fingerprint density at radius 3 is 1.40 bits per heavy atom. The summed E-state index contributed by atoms with van der Waals surface area (Å²) < 4.78 is 2.26. The Kier molecular flexibility index (Phi) is 8.31. The van der Waals surface area contributed by atoms with E-state index in [0.717, 1.165) is 66.3 Å². The minimum absolute atomic E-state index is 0.339. The molecule has 4 heteroatoms. The first-order chi connectivity index (χ1) is 28.3. The molecule has 0 atom stereocenters. The van der Waals surface area contributed by atoms with E-state index in [1.54, 1.807) is 6.07 Å². The first-order valence-electron chi connectivity index (χ1n) is 19.8. The zero-order valence-electron chi connectivity index (χ0n) is 32.9. The van der Waals surface area contributed by atoms with Crippen molar-refractivity contribution in [3.8, 4) is 50.2 Å². The summed E-state index contributed by atoms with van der Waals surface area (Å²) in [5, 5.41) is 2.15. The molecule has 9 aromatic rings. The van der Waals surface area contributed by atoms with E-state index in [4.69, 9.17) is 0 Å². The van der Waals surface area contributed by atoms with Gasteiger partial charge >= 0.3 is 0 Å². The van der Waals surface area contributed by atoms with Gasteiger partial charge in [-0.15, -0.1) is 0 Å². The van der Waals surface area contributed by atoms with E-state index in [1.807, 2.05) is 72.8 Å². The number of para-hydroxylation sites is 2. The third-order valence-corrected chi connectivity index (χ3v) is 11.7. The lowest BCUT2D eigenvalue weighted by Gasteiger charge is -2.22. The molecule has 1 aliphatic rings. The maximum atomic E-state index is 15.4. The molecule has 0 aliphatic carbocycles. The summed E-state index contributed by atoms with van der Waals surface area (Å²) in [5.41, 5.74) is 16.8. The van der Waals surface area contributed by atoms with E-state index in [9.17, 15) is 4.79 Å². The zero-order chi connectivity index (χ0) is 39.7. The van der Waals surface area contributed by atoms with Crippen molar-refractivity contribution in [2.24, 2.45) is 0 Å². The monoisotopic (exact) mass is 748 g/mol. The number of aromatic nitrogens is 1. The maximum Gasteiger partial charge on any atom is 0.268 e. The number of fused-ring (bicyclic) bond motifs is 4. The quantitative estimate of drug-likeness (QED) is 0.159. The number of aryl methyl sites for hydroxylation is 4. The van der Waals surface area contributed by atoms with Crippen molar-refractivity contribution in [2.75, 3.05) is 4.90 Å².